The van der Waals surface area contributed by atoms with Gasteiger partial charge in [0.25, 0.3) is 5.91 Å². The van der Waals surface area contributed by atoms with Crippen LogP contribution in [0, 0.1) is 5.92 Å². The van der Waals surface area contributed by atoms with Crippen LogP contribution >= 0.6 is 0 Å². The zero-order chi connectivity index (χ0) is 13.9. The quantitative estimate of drug-likeness (QED) is 0.912. The third-order valence-corrected chi connectivity index (χ3v) is 4.10. The Kier molecular flexibility index (Phi) is 3.72. The minimum Gasteiger partial charge on any atom is -0.353 e. The van der Waals surface area contributed by atoms with Crippen LogP contribution in [0.4, 0.5) is 0 Å². The normalized spacial score (nSPS) is 19.7. The predicted molar refractivity (Wildman–Crippen MR) is 76.2 cm³/mol. The molecule has 1 N–H and O–H groups in total. The standard InChI is InChI=1S/C16H20N2O2/c19-15(17-14-6-7-14)12-8-10-18(11-9-12)16(20)13-4-2-1-3-5-13/h1-5,12,14H,6-11H2,(H,17,19). The number of benzene rings is 1. The molecule has 2 aliphatic rings. The minimum absolute atomic E-state index is 0.0756. The van der Waals surface area contributed by atoms with Crippen molar-refractivity contribution in [1.29, 1.82) is 0 Å². The number of hydrogen-bond acceptors (Lipinski definition) is 2. The van der Waals surface area contributed by atoms with E-state index in [4.69, 9.17) is 0 Å². The van der Waals surface area contributed by atoms with E-state index in [0.717, 1.165) is 31.2 Å². The highest BCUT2D eigenvalue weighted by atomic mass is 16.2. The van der Waals surface area contributed by atoms with Crippen molar-refractivity contribution in [3.63, 3.8) is 0 Å². The van der Waals surface area contributed by atoms with Gasteiger partial charge >= 0.3 is 0 Å². The molecule has 0 spiro atoms. The molecule has 0 unspecified atom stereocenters. The largest absolute Gasteiger partial charge is 0.353 e. The van der Waals surface area contributed by atoms with E-state index < -0.39 is 0 Å². The predicted octanol–water partition coefficient (Wildman–Crippen LogP) is 1.82. The number of carbonyl (C=O) groups is 2. The molecule has 4 heteroatoms. The Morgan fingerprint density at radius 3 is 2.25 bits per heavy atom. The highest BCUT2D eigenvalue weighted by Crippen LogP contribution is 2.23. The smallest absolute Gasteiger partial charge is 0.253 e. The Morgan fingerprint density at radius 1 is 1.00 bits per heavy atom. The van der Waals surface area contributed by atoms with Crippen LogP contribution in [-0.4, -0.2) is 35.8 Å². The Hall–Kier alpha value is -1.84. The first-order chi connectivity index (χ1) is 9.74. The zero-order valence-electron chi connectivity index (χ0n) is 11.5. The van der Waals surface area contributed by atoms with Crippen molar-refractivity contribution >= 4 is 11.8 Å². The maximum Gasteiger partial charge on any atom is 0.253 e. The third-order valence-electron chi connectivity index (χ3n) is 4.10. The van der Waals surface area contributed by atoms with Crippen LogP contribution in [0.1, 0.15) is 36.0 Å². The molecule has 2 amide bonds. The van der Waals surface area contributed by atoms with Gasteiger partial charge in [0.05, 0.1) is 0 Å². The molecule has 4 nitrogen and oxygen atoms in total. The van der Waals surface area contributed by atoms with Crippen LogP contribution in [0.5, 0.6) is 0 Å². The van der Waals surface area contributed by atoms with E-state index in [2.05, 4.69) is 5.32 Å². The van der Waals surface area contributed by atoms with E-state index in [9.17, 15) is 9.59 Å². The maximum atomic E-state index is 12.3. The molecule has 1 saturated carbocycles. The average molecular weight is 272 g/mol. The molecule has 0 aromatic heterocycles. The monoisotopic (exact) mass is 272 g/mol. The molecule has 106 valence electrons. The molecule has 0 atom stereocenters. The molecular formula is C16H20N2O2. The number of likely N-dealkylation sites (tertiary alicyclic amines) is 1. The molecule has 0 radical (unpaired) electrons. The van der Waals surface area contributed by atoms with Gasteiger partial charge in [-0.15, -0.1) is 0 Å². The van der Waals surface area contributed by atoms with E-state index in [-0.39, 0.29) is 17.7 Å². The Morgan fingerprint density at radius 2 is 1.65 bits per heavy atom. The number of rotatable bonds is 3. The van der Waals surface area contributed by atoms with Crippen molar-refractivity contribution in [3.8, 4) is 0 Å². The highest BCUT2D eigenvalue weighted by Gasteiger charge is 2.31. The summed E-state index contributed by atoms with van der Waals surface area (Å²) >= 11 is 0. The van der Waals surface area contributed by atoms with E-state index in [1.54, 1.807) is 0 Å². The summed E-state index contributed by atoms with van der Waals surface area (Å²) in [7, 11) is 0. The minimum atomic E-state index is 0.0756. The molecule has 1 aromatic rings. The third kappa shape index (κ3) is 3.00. The fraction of sp³-hybridized carbons (Fsp3) is 0.500. The number of amides is 2. The first-order valence-electron chi connectivity index (χ1n) is 7.39. The van der Waals surface area contributed by atoms with Crippen molar-refractivity contribution in [2.45, 2.75) is 31.7 Å². The van der Waals surface area contributed by atoms with Gasteiger partial charge < -0.3 is 10.2 Å². The number of nitrogens with one attached hydrogen (secondary N) is 1. The van der Waals surface area contributed by atoms with Crippen molar-refractivity contribution in [2.75, 3.05) is 13.1 Å². The van der Waals surface area contributed by atoms with Gasteiger partial charge in [-0.1, -0.05) is 18.2 Å². The molecule has 1 saturated heterocycles. The maximum absolute atomic E-state index is 12.3. The van der Waals surface area contributed by atoms with E-state index in [1.165, 1.54) is 0 Å². The van der Waals surface area contributed by atoms with Crippen molar-refractivity contribution in [2.24, 2.45) is 5.92 Å². The second-order valence-electron chi connectivity index (χ2n) is 5.72. The van der Waals surface area contributed by atoms with Crippen LogP contribution < -0.4 is 5.32 Å². The lowest BCUT2D eigenvalue weighted by atomic mass is 9.95. The summed E-state index contributed by atoms with van der Waals surface area (Å²) in [5.74, 6) is 0.335. The first-order valence-corrected chi connectivity index (χ1v) is 7.39. The summed E-state index contributed by atoms with van der Waals surface area (Å²) in [5, 5.41) is 3.06. The van der Waals surface area contributed by atoms with Gasteiger partial charge in [0, 0.05) is 30.6 Å². The summed E-state index contributed by atoms with van der Waals surface area (Å²) in [4.78, 5) is 26.1. The molecule has 20 heavy (non-hydrogen) atoms. The van der Waals surface area contributed by atoms with Gasteiger partial charge in [-0.2, -0.15) is 0 Å². The van der Waals surface area contributed by atoms with Gasteiger partial charge in [0.15, 0.2) is 0 Å². The van der Waals surface area contributed by atoms with Crippen LogP contribution in [0.2, 0.25) is 0 Å². The van der Waals surface area contributed by atoms with Gasteiger partial charge in [0.2, 0.25) is 5.91 Å². The van der Waals surface area contributed by atoms with Crippen LogP contribution in [-0.2, 0) is 4.79 Å². The van der Waals surface area contributed by atoms with E-state index in [0.29, 0.717) is 19.1 Å². The fourth-order valence-electron chi connectivity index (χ4n) is 2.65. The molecule has 2 fully saturated rings. The van der Waals surface area contributed by atoms with E-state index in [1.807, 2.05) is 35.2 Å². The lowest BCUT2D eigenvalue weighted by Crippen LogP contribution is -2.43. The van der Waals surface area contributed by atoms with Crippen LogP contribution in [0.15, 0.2) is 30.3 Å². The number of hydrogen-bond donors (Lipinski definition) is 1. The highest BCUT2D eigenvalue weighted by molar-refractivity contribution is 5.94. The molecular weight excluding hydrogens is 252 g/mol. The van der Waals surface area contributed by atoms with Gasteiger partial charge in [0.1, 0.15) is 0 Å². The second-order valence-corrected chi connectivity index (χ2v) is 5.72. The molecule has 1 aliphatic carbocycles. The van der Waals surface area contributed by atoms with Crippen molar-refractivity contribution in [3.05, 3.63) is 35.9 Å². The van der Waals surface area contributed by atoms with Crippen molar-refractivity contribution < 1.29 is 9.59 Å². The number of piperidine rings is 1. The Bertz CT molecular complexity index is 488. The molecule has 1 aliphatic heterocycles. The molecule has 3 rings (SSSR count). The van der Waals surface area contributed by atoms with Gasteiger partial charge in [-0.25, -0.2) is 0 Å². The Balaban J connectivity index is 1.53. The number of carbonyl (C=O) groups excluding carboxylic acids is 2. The van der Waals surface area contributed by atoms with Crippen LogP contribution in [0.3, 0.4) is 0 Å². The summed E-state index contributed by atoms with van der Waals surface area (Å²) in [6.07, 6.45) is 3.79. The van der Waals surface area contributed by atoms with Gasteiger partial charge in [-0.3, -0.25) is 9.59 Å². The van der Waals surface area contributed by atoms with Crippen molar-refractivity contribution in [1.82, 2.24) is 10.2 Å². The lowest BCUT2D eigenvalue weighted by molar-refractivity contribution is -0.126. The van der Waals surface area contributed by atoms with Gasteiger partial charge in [-0.05, 0) is 37.8 Å². The lowest BCUT2D eigenvalue weighted by Gasteiger charge is -2.31. The molecule has 1 aromatic carbocycles. The summed E-state index contributed by atoms with van der Waals surface area (Å²) in [6.45, 7) is 1.35. The SMILES string of the molecule is O=C(NC1CC1)C1CCN(C(=O)c2ccccc2)CC1. The van der Waals surface area contributed by atoms with E-state index >= 15 is 0 Å². The Labute approximate surface area is 119 Å². The average Bonchev–Trinajstić information content (AvgIpc) is 3.31. The van der Waals surface area contributed by atoms with Crippen LogP contribution in [0.25, 0.3) is 0 Å². The fourth-order valence-corrected chi connectivity index (χ4v) is 2.65. The topological polar surface area (TPSA) is 49.4 Å². The number of nitrogens with zero attached hydrogens (tertiary/aromatic N) is 1. The second kappa shape index (κ2) is 5.65. The summed E-state index contributed by atoms with van der Waals surface area (Å²) in [6, 6.07) is 9.77. The summed E-state index contributed by atoms with van der Waals surface area (Å²) in [5.41, 5.74) is 0.730. The zero-order valence-corrected chi connectivity index (χ0v) is 11.5. The summed E-state index contributed by atoms with van der Waals surface area (Å²) < 4.78 is 0. The first kappa shape index (κ1) is 13.2. The molecule has 1 heterocycles. The molecule has 0 bridgehead atoms.